The zero-order valence-electron chi connectivity index (χ0n) is 14.5. The van der Waals surface area contributed by atoms with E-state index in [2.05, 4.69) is 5.32 Å². The molecule has 0 fully saturated rings. The highest BCUT2D eigenvalue weighted by atomic mass is 35.5. The van der Waals surface area contributed by atoms with Crippen molar-refractivity contribution in [2.75, 3.05) is 12.4 Å². The van der Waals surface area contributed by atoms with Crippen LogP contribution in [0.5, 0.6) is 0 Å². The second-order valence-corrected chi connectivity index (χ2v) is 6.87. The molecule has 0 unspecified atom stereocenters. The molecule has 0 saturated heterocycles. The molecule has 1 heterocycles. The van der Waals surface area contributed by atoms with Crippen LogP contribution in [0.1, 0.15) is 20.7 Å². The topological polar surface area (TPSA) is 98.5 Å². The minimum Gasteiger partial charge on any atom is -0.465 e. The molecule has 28 heavy (non-hydrogen) atoms. The molecule has 0 saturated carbocycles. The summed E-state index contributed by atoms with van der Waals surface area (Å²) in [7, 11) is 1.26. The number of carbonyl (C=O) groups is 2. The summed E-state index contributed by atoms with van der Waals surface area (Å²) in [6, 6.07) is 12.8. The summed E-state index contributed by atoms with van der Waals surface area (Å²) < 4.78 is 4.87. The lowest BCUT2D eigenvalue weighted by atomic mass is 10.0. The molecule has 2 aromatic carbocycles. The number of benzene rings is 2. The summed E-state index contributed by atoms with van der Waals surface area (Å²) in [5.74, 6) is -1.18. The Morgan fingerprint density at radius 3 is 2.50 bits per heavy atom. The van der Waals surface area contributed by atoms with Gasteiger partial charge in [-0.25, -0.2) is 4.79 Å². The second kappa shape index (κ2) is 8.20. The van der Waals surface area contributed by atoms with Gasteiger partial charge in [0.25, 0.3) is 11.6 Å². The van der Waals surface area contributed by atoms with Crippen LogP contribution in [-0.4, -0.2) is 23.9 Å². The maximum atomic E-state index is 12.6. The van der Waals surface area contributed by atoms with Crippen LogP contribution in [0.2, 0.25) is 5.02 Å². The Morgan fingerprint density at radius 1 is 1.18 bits per heavy atom. The number of methoxy groups -OCH3 is 1. The number of nitrogens with one attached hydrogen (secondary N) is 1. The Balaban J connectivity index is 1.96. The Kier molecular flexibility index (Phi) is 5.72. The van der Waals surface area contributed by atoms with E-state index in [1.807, 2.05) is 30.3 Å². The number of thiophene rings is 1. The minimum absolute atomic E-state index is 0.0535. The Morgan fingerprint density at radius 2 is 1.89 bits per heavy atom. The highest BCUT2D eigenvalue weighted by Gasteiger charge is 2.23. The summed E-state index contributed by atoms with van der Waals surface area (Å²) >= 11 is 7.18. The van der Waals surface area contributed by atoms with Gasteiger partial charge in [-0.1, -0.05) is 41.9 Å². The van der Waals surface area contributed by atoms with E-state index in [1.54, 1.807) is 5.38 Å². The molecule has 142 valence electrons. The molecule has 3 aromatic rings. The summed E-state index contributed by atoms with van der Waals surface area (Å²) in [5.41, 5.74) is 1.48. The third-order valence-electron chi connectivity index (χ3n) is 3.90. The van der Waals surface area contributed by atoms with Crippen LogP contribution in [0.25, 0.3) is 11.1 Å². The van der Waals surface area contributed by atoms with Crippen molar-refractivity contribution < 1.29 is 19.2 Å². The van der Waals surface area contributed by atoms with Crippen molar-refractivity contribution in [2.45, 2.75) is 0 Å². The van der Waals surface area contributed by atoms with Crippen molar-refractivity contribution in [3.05, 3.63) is 80.2 Å². The maximum absolute atomic E-state index is 12.6. The van der Waals surface area contributed by atoms with Gasteiger partial charge in [-0.3, -0.25) is 14.9 Å². The number of halogens is 1. The maximum Gasteiger partial charge on any atom is 0.341 e. The van der Waals surface area contributed by atoms with Gasteiger partial charge in [0, 0.05) is 23.1 Å². The van der Waals surface area contributed by atoms with Crippen LogP contribution in [0.15, 0.2) is 53.9 Å². The van der Waals surface area contributed by atoms with Crippen molar-refractivity contribution in [1.82, 2.24) is 0 Å². The lowest BCUT2D eigenvalue weighted by molar-refractivity contribution is -0.384. The predicted molar refractivity (Wildman–Crippen MR) is 107 cm³/mol. The molecule has 0 spiro atoms. The normalized spacial score (nSPS) is 10.4. The van der Waals surface area contributed by atoms with E-state index in [9.17, 15) is 19.7 Å². The molecule has 9 heteroatoms. The molecule has 1 amide bonds. The van der Waals surface area contributed by atoms with Crippen molar-refractivity contribution in [1.29, 1.82) is 0 Å². The van der Waals surface area contributed by atoms with Gasteiger partial charge >= 0.3 is 5.97 Å². The zero-order chi connectivity index (χ0) is 20.3. The van der Waals surface area contributed by atoms with E-state index in [-0.39, 0.29) is 21.8 Å². The molecule has 1 N–H and O–H groups in total. The molecule has 0 aliphatic heterocycles. The standard InChI is InChI=1S/C19H13ClN2O5S/c1-27-19(24)16-14(11-5-3-2-4-6-11)10-28-18(16)21-17(23)13-8-7-12(22(25)26)9-15(13)20/h2-10H,1H3,(H,21,23). The van der Waals surface area contributed by atoms with E-state index < -0.39 is 16.8 Å². The fraction of sp³-hybridized carbons (Fsp3) is 0.0526. The quantitative estimate of drug-likeness (QED) is 0.358. The number of nitro groups is 1. The predicted octanol–water partition coefficient (Wildman–Crippen LogP) is 5.02. The van der Waals surface area contributed by atoms with E-state index in [1.165, 1.54) is 30.6 Å². The van der Waals surface area contributed by atoms with Crippen LogP contribution >= 0.6 is 22.9 Å². The first-order valence-electron chi connectivity index (χ1n) is 7.93. The number of nitrogens with zero attached hydrogens (tertiary/aromatic N) is 1. The van der Waals surface area contributed by atoms with Crippen molar-refractivity contribution in [2.24, 2.45) is 0 Å². The Bertz CT molecular complexity index is 1070. The van der Waals surface area contributed by atoms with Crippen LogP contribution in [0.3, 0.4) is 0 Å². The molecular weight excluding hydrogens is 404 g/mol. The summed E-state index contributed by atoms with van der Waals surface area (Å²) in [6.07, 6.45) is 0. The number of amides is 1. The molecule has 0 bridgehead atoms. The van der Waals surface area contributed by atoms with Gasteiger partial charge in [-0.05, 0) is 11.6 Å². The third kappa shape index (κ3) is 3.88. The van der Waals surface area contributed by atoms with E-state index in [0.717, 1.165) is 11.6 Å². The van der Waals surface area contributed by atoms with Crippen LogP contribution in [0.4, 0.5) is 10.7 Å². The smallest absolute Gasteiger partial charge is 0.341 e. The fourth-order valence-electron chi connectivity index (χ4n) is 2.56. The van der Waals surface area contributed by atoms with E-state index in [0.29, 0.717) is 10.6 Å². The monoisotopic (exact) mass is 416 g/mol. The Labute approximate surface area is 168 Å². The van der Waals surface area contributed by atoms with Crippen LogP contribution in [0, 0.1) is 10.1 Å². The Hall–Kier alpha value is -3.23. The number of esters is 1. The molecule has 0 aliphatic carbocycles. The van der Waals surface area contributed by atoms with Gasteiger partial charge < -0.3 is 10.1 Å². The minimum atomic E-state index is -0.603. The molecule has 0 radical (unpaired) electrons. The van der Waals surface area contributed by atoms with E-state index >= 15 is 0 Å². The number of ether oxygens (including phenoxy) is 1. The molecule has 3 rings (SSSR count). The fourth-order valence-corrected chi connectivity index (χ4v) is 3.77. The number of nitro benzene ring substituents is 1. The molecule has 0 atom stereocenters. The number of anilines is 1. The number of rotatable bonds is 5. The van der Waals surface area contributed by atoms with Crippen LogP contribution < -0.4 is 5.32 Å². The van der Waals surface area contributed by atoms with Crippen molar-refractivity contribution in [3.8, 4) is 11.1 Å². The van der Waals surface area contributed by atoms with Crippen molar-refractivity contribution >= 4 is 45.5 Å². The number of non-ortho nitro benzene ring substituents is 1. The van der Waals surface area contributed by atoms with Crippen molar-refractivity contribution in [3.63, 3.8) is 0 Å². The van der Waals surface area contributed by atoms with Crippen LogP contribution in [-0.2, 0) is 4.74 Å². The van der Waals surface area contributed by atoms with Gasteiger partial charge in [-0.2, -0.15) is 0 Å². The van der Waals surface area contributed by atoms with Gasteiger partial charge in [-0.15, -0.1) is 11.3 Å². The highest BCUT2D eigenvalue weighted by molar-refractivity contribution is 7.15. The summed E-state index contributed by atoms with van der Waals surface area (Å²) in [4.78, 5) is 35.1. The largest absolute Gasteiger partial charge is 0.465 e. The highest BCUT2D eigenvalue weighted by Crippen LogP contribution is 2.36. The molecule has 1 aromatic heterocycles. The summed E-state index contributed by atoms with van der Waals surface area (Å²) in [6.45, 7) is 0. The van der Waals surface area contributed by atoms with E-state index in [4.69, 9.17) is 16.3 Å². The second-order valence-electron chi connectivity index (χ2n) is 5.59. The number of hydrogen-bond acceptors (Lipinski definition) is 6. The van der Waals surface area contributed by atoms with Gasteiger partial charge in [0.2, 0.25) is 0 Å². The lowest BCUT2D eigenvalue weighted by Gasteiger charge is -2.08. The zero-order valence-corrected chi connectivity index (χ0v) is 16.0. The third-order valence-corrected chi connectivity index (χ3v) is 5.11. The van der Waals surface area contributed by atoms with Gasteiger partial charge in [0.1, 0.15) is 10.6 Å². The first-order valence-corrected chi connectivity index (χ1v) is 9.18. The van der Waals surface area contributed by atoms with Gasteiger partial charge in [0.05, 0.1) is 22.6 Å². The first-order chi connectivity index (χ1) is 13.4. The average Bonchev–Trinajstić information content (AvgIpc) is 3.11. The lowest BCUT2D eigenvalue weighted by Crippen LogP contribution is -2.14. The van der Waals surface area contributed by atoms with Gasteiger partial charge in [0.15, 0.2) is 0 Å². The number of hydrogen-bond donors (Lipinski definition) is 1. The number of carbonyl (C=O) groups excluding carboxylic acids is 2. The summed E-state index contributed by atoms with van der Waals surface area (Å²) in [5, 5.41) is 15.4. The first kappa shape index (κ1) is 19.5. The molecular formula is C19H13ClN2O5S. The molecule has 0 aliphatic rings. The average molecular weight is 417 g/mol. The molecule has 7 nitrogen and oxygen atoms in total. The SMILES string of the molecule is COC(=O)c1c(-c2ccccc2)csc1NC(=O)c1ccc([N+](=O)[O-])cc1Cl.